The van der Waals surface area contributed by atoms with Crippen LogP contribution in [0.5, 0.6) is 0 Å². The minimum Gasteiger partial charge on any atom is -0.377 e. The second-order valence-corrected chi connectivity index (χ2v) is 3.87. The van der Waals surface area contributed by atoms with Gasteiger partial charge in [0.15, 0.2) is 6.29 Å². The van der Waals surface area contributed by atoms with Crippen LogP contribution in [-0.4, -0.2) is 32.2 Å². The first-order chi connectivity index (χ1) is 6.88. The molecule has 3 nitrogen and oxygen atoms in total. The quantitative estimate of drug-likeness (QED) is 0.648. The molecule has 1 fully saturated rings. The topological polar surface area (TPSA) is 27.7 Å². The van der Waals surface area contributed by atoms with E-state index in [0.717, 1.165) is 19.4 Å². The highest BCUT2D eigenvalue weighted by atomic mass is 16.7. The Balaban J connectivity index is 1.73. The van der Waals surface area contributed by atoms with E-state index in [9.17, 15) is 0 Å². The van der Waals surface area contributed by atoms with E-state index in [1.165, 1.54) is 12.8 Å². The van der Waals surface area contributed by atoms with Gasteiger partial charge < -0.3 is 14.2 Å². The Kier molecular flexibility index (Phi) is 3.56. The van der Waals surface area contributed by atoms with Gasteiger partial charge in [-0.05, 0) is 19.3 Å². The fourth-order valence-corrected chi connectivity index (χ4v) is 1.92. The predicted molar refractivity (Wildman–Crippen MR) is 53.0 cm³/mol. The lowest BCUT2D eigenvalue weighted by Crippen LogP contribution is -2.27. The Morgan fingerprint density at radius 1 is 1.21 bits per heavy atom. The van der Waals surface area contributed by atoms with Gasteiger partial charge in [0.05, 0.1) is 12.2 Å². The van der Waals surface area contributed by atoms with E-state index >= 15 is 0 Å². The third kappa shape index (κ3) is 2.56. The maximum atomic E-state index is 5.80. The average molecular weight is 198 g/mol. The summed E-state index contributed by atoms with van der Waals surface area (Å²) in [5.74, 6) is 0. The molecule has 0 amide bonds. The number of hydrogen-bond acceptors (Lipinski definition) is 3. The largest absolute Gasteiger partial charge is 0.377 e. The third-order valence-electron chi connectivity index (χ3n) is 2.77. The highest BCUT2D eigenvalue weighted by molar-refractivity contribution is 5.04. The summed E-state index contributed by atoms with van der Waals surface area (Å²) in [7, 11) is 1.73. The average Bonchev–Trinajstić information content (AvgIpc) is 2.67. The van der Waals surface area contributed by atoms with Crippen molar-refractivity contribution >= 4 is 0 Å². The van der Waals surface area contributed by atoms with Gasteiger partial charge in [-0.25, -0.2) is 0 Å². The summed E-state index contributed by atoms with van der Waals surface area (Å²) >= 11 is 0. The predicted octanol–water partition coefficient (Wildman–Crippen LogP) is 1.87. The summed E-state index contributed by atoms with van der Waals surface area (Å²) in [6, 6.07) is 0. The molecule has 0 aromatic heterocycles. The van der Waals surface area contributed by atoms with Crippen LogP contribution in [0, 0.1) is 0 Å². The molecular formula is C11H18O3. The molecule has 0 spiro atoms. The fourth-order valence-electron chi connectivity index (χ4n) is 1.92. The summed E-state index contributed by atoms with van der Waals surface area (Å²) in [6.45, 7) is 0.842. The van der Waals surface area contributed by atoms with E-state index in [4.69, 9.17) is 14.2 Å². The van der Waals surface area contributed by atoms with Crippen molar-refractivity contribution in [2.75, 3.05) is 13.7 Å². The van der Waals surface area contributed by atoms with Crippen molar-refractivity contribution in [1.29, 1.82) is 0 Å². The molecule has 2 aliphatic rings. The number of rotatable bonds is 3. The van der Waals surface area contributed by atoms with Crippen LogP contribution in [-0.2, 0) is 14.2 Å². The van der Waals surface area contributed by atoms with Gasteiger partial charge in [0.1, 0.15) is 0 Å². The molecule has 1 saturated heterocycles. The SMILES string of the molecule is COC1C=CC(OC2CCCCO2)C1. The fraction of sp³-hybridized carbons (Fsp3) is 0.818. The second kappa shape index (κ2) is 4.91. The van der Waals surface area contributed by atoms with Crippen molar-refractivity contribution in [3.8, 4) is 0 Å². The lowest BCUT2D eigenvalue weighted by atomic mass is 10.2. The van der Waals surface area contributed by atoms with Crippen molar-refractivity contribution in [1.82, 2.24) is 0 Å². The zero-order valence-electron chi connectivity index (χ0n) is 8.65. The molecule has 1 heterocycles. The first kappa shape index (κ1) is 10.1. The van der Waals surface area contributed by atoms with Crippen LogP contribution in [0.15, 0.2) is 12.2 Å². The summed E-state index contributed by atoms with van der Waals surface area (Å²) in [6.07, 6.45) is 8.90. The number of ether oxygens (including phenoxy) is 3. The highest BCUT2D eigenvalue weighted by Gasteiger charge is 2.23. The zero-order valence-corrected chi connectivity index (χ0v) is 8.65. The van der Waals surface area contributed by atoms with Gasteiger partial charge in [-0.15, -0.1) is 0 Å². The molecule has 3 unspecified atom stereocenters. The molecule has 80 valence electrons. The monoisotopic (exact) mass is 198 g/mol. The van der Waals surface area contributed by atoms with E-state index < -0.39 is 0 Å². The van der Waals surface area contributed by atoms with Crippen LogP contribution in [0.4, 0.5) is 0 Å². The molecule has 0 aromatic rings. The lowest BCUT2D eigenvalue weighted by molar-refractivity contribution is -0.180. The molecule has 0 aromatic carbocycles. The van der Waals surface area contributed by atoms with Crippen molar-refractivity contribution in [3.63, 3.8) is 0 Å². The van der Waals surface area contributed by atoms with Crippen molar-refractivity contribution in [3.05, 3.63) is 12.2 Å². The molecular weight excluding hydrogens is 180 g/mol. The molecule has 0 saturated carbocycles. The molecule has 14 heavy (non-hydrogen) atoms. The Hall–Kier alpha value is -0.380. The summed E-state index contributed by atoms with van der Waals surface area (Å²) in [5, 5.41) is 0. The Labute approximate surface area is 85.0 Å². The van der Waals surface area contributed by atoms with E-state index in [1.807, 2.05) is 0 Å². The van der Waals surface area contributed by atoms with Crippen LogP contribution in [0.2, 0.25) is 0 Å². The Morgan fingerprint density at radius 3 is 2.71 bits per heavy atom. The van der Waals surface area contributed by atoms with Crippen molar-refractivity contribution < 1.29 is 14.2 Å². The Bertz CT molecular complexity index is 197. The molecule has 0 radical (unpaired) electrons. The first-order valence-corrected chi connectivity index (χ1v) is 5.36. The van der Waals surface area contributed by atoms with Crippen LogP contribution in [0.25, 0.3) is 0 Å². The van der Waals surface area contributed by atoms with Crippen LogP contribution in [0.3, 0.4) is 0 Å². The minimum absolute atomic E-state index is 0.00834. The molecule has 0 N–H and O–H groups in total. The van der Waals surface area contributed by atoms with Crippen LogP contribution >= 0.6 is 0 Å². The number of methoxy groups -OCH3 is 1. The lowest BCUT2D eigenvalue weighted by Gasteiger charge is -2.25. The van der Waals surface area contributed by atoms with Gasteiger partial charge in [0.2, 0.25) is 0 Å². The minimum atomic E-state index is 0.00834. The summed E-state index contributed by atoms with van der Waals surface area (Å²) < 4.78 is 16.5. The molecule has 3 atom stereocenters. The van der Waals surface area contributed by atoms with Gasteiger partial charge in [0, 0.05) is 20.1 Å². The van der Waals surface area contributed by atoms with Crippen LogP contribution < -0.4 is 0 Å². The van der Waals surface area contributed by atoms with Gasteiger partial charge in [-0.1, -0.05) is 12.2 Å². The standard InChI is InChI=1S/C11H18O3/c1-12-9-5-6-10(8-9)14-11-4-2-3-7-13-11/h5-6,9-11H,2-4,7-8H2,1H3. The molecule has 1 aliphatic carbocycles. The Morgan fingerprint density at radius 2 is 2.07 bits per heavy atom. The third-order valence-corrected chi connectivity index (χ3v) is 2.77. The van der Waals surface area contributed by atoms with E-state index in [2.05, 4.69) is 12.2 Å². The van der Waals surface area contributed by atoms with Crippen LogP contribution in [0.1, 0.15) is 25.7 Å². The maximum Gasteiger partial charge on any atom is 0.158 e. The van der Waals surface area contributed by atoms with Gasteiger partial charge in [-0.2, -0.15) is 0 Å². The molecule has 2 rings (SSSR count). The number of hydrogen-bond donors (Lipinski definition) is 0. The van der Waals surface area contributed by atoms with E-state index in [0.29, 0.717) is 0 Å². The molecule has 1 aliphatic heterocycles. The van der Waals surface area contributed by atoms with E-state index in [1.54, 1.807) is 7.11 Å². The summed E-state index contributed by atoms with van der Waals surface area (Å²) in [4.78, 5) is 0. The molecule has 0 bridgehead atoms. The van der Waals surface area contributed by atoms with Gasteiger partial charge in [-0.3, -0.25) is 0 Å². The van der Waals surface area contributed by atoms with Gasteiger partial charge in [0.25, 0.3) is 0 Å². The van der Waals surface area contributed by atoms with Gasteiger partial charge >= 0.3 is 0 Å². The second-order valence-electron chi connectivity index (χ2n) is 3.87. The van der Waals surface area contributed by atoms with Crippen molar-refractivity contribution in [2.24, 2.45) is 0 Å². The van der Waals surface area contributed by atoms with Crippen molar-refractivity contribution in [2.45, 2.75) is 44.2 Å². The maximum absolute atomic E-state index is 5.80. The zero-order chi connectivity index (χ0) is 9.80. The summed E-state index contributed by atoms with van der Waals surface area (Å²) in [5.41, 5.74) is 0. The molecule has 3 heteroatoms. The smallest absolute Gasteiger partial charge is 0.158 e. The highest BCUT2D eigenvalue weighted by Crippen LogP contribution is 2.22. The van der Waals surface area contributed by atoms with E-state index in [-0.39, 0.29) is 18.5 Å². The normalized spacial score (nSPS) is 37.6. The first-order valence-electron chi connectivity index (χ1n) is 5.36.